The molecule has 0 bridgehead atoms. The van der Waals surface area contributed by atoms with E-state index in [1.807, 2.05) is 23.2 Å². The van der Waals surface area contributed by atoms with Crippen LogP contribution in [0.25, 0.3) is 0 Å². The van der Waals surface area contributed by atoms with Gasteiger partial charge in [-0.15, -0.1) is 32.5 Å². The Labute approximate surface area is 292 Å². The van der Waals surface area contributed by atoms with Gasteiger partial charge in [0, 0.05) is 41.4 Å². The molecule has 4 aliphatic rings. The van der Waals surface area contributed by atoms with Crippen molar-refractivity contribution in [3.8, 4) is 0 Å². The highest BCUT2D eigenvalue weighted by Crippen LogP contribution is 2.40. The Bertz CT molecular complexity index is 1860. The standard InChI is InChI=1S/C29H31ClN10O5S3/c1-45-35-21(20-24(30)48-29(31)34-20)25(41)33-22-26(42)40-23(28(43)44)17(15-47-27(22)40)12-38-7-4-19-36(8-9-39(19)38)13-18-10-16(14-46-18)11-32-37-5-2-3-6-37/h4,7,10-11,14,22,27H,2-3,5-6,8-9,12-13,15H2,1H3,(H3-,31,33,34,41,43,44)/b32-11?,35-21-/t22-,27-/m1/s1. The van der Waals surface area contributed by atoms with Crippen LogP contribution in [0, 0.1) is 0 Å². The molecule has 48 heavy (non-hydrogen) atoms. The van der Waals surface area contributed by atoms with E-state index in [1.165, 1.54) is 41.5 Å². The number of nitrogen functional groups attached to an aromatic ring is 1. The molecule has 0 radical (unpaired) electrons. The van der Waals surface area contributed by atoms with E-state index in [0.717, 1.165) is 55.4 Å². The number of halogens is 1. The van der Waals surface area contributed by atoms with Crippen LogP contribution in [0.15, 0.2) is 45.2 Å². The van der Waals surface area contributed by atoms with Crippen molar-refractivity contribution >= 4 is 86.7 Å². The van der Waals surface area contributed by atoms with Crippen LogP contribution in [0.3, 0.4) is 0 Å². The number of thioether (sulfide) groups is 1. The summed E-state index contributed by atoms with van der Waals surface area (Å²) in [5.41, 5.74) is 6.96. The van der Waals surface area contributed by atoms with Crippen LogP contribution in [0.5, 0.6) is 0 Å². The number of anilines is 2. The van der Waals surface area contributed by atoms with E-state index < -0.39 is 29.2 Å². The van der Waals surface area contributed by atoms with Crippen molar-refractivity contribution < 1.29 is 29.0 Å². The smallest absolute Gasteiger partial charge is 0.276 e. The summed E-state index contributed by atoms with van der Waals surface area (Å²) in [6.45, 7) is 4.59. The predicted octanol–water partition coefficient (Wildman–Crippen LogP) is 0.434. The van der Waals surface area contributed by atoms with Crippen LogP contribution >= 0.6 is 46.0 Å². The molecule has 0 aliphatic carbocycles. The topological polar surface area (TPSA) is 178 Å². The molecule has 3 aromatic heterocycles. The van der Waals surface area contributed by atoms with Crippen LogP contribution in [0.1, 0.15) is 29.0 Å². The number of thiazole rings is 1. The van der Waals surface area contributed by atoms with Gasteiger partial charge >= 0.3 is 0 Å². The van der Waals surface area contributed by atoms with E-state index in [-0.39, 0.29) is 33.1 Å². The summed E-state index contributed by atoms with van der Waals surface area (Å²) in [4.78, 5) is 52.4. The Kier molecular flexibility index (Phi) is 9.06. The minimum atomic E-state index is -1.45. The molecule has 0 unspecified atom stereocenters. The van der Waals surface area contributed by atoms with Gasteiger partial charge in [0.1, 0.15) is 28.6 Å². The van der Waals surface area contributed by atoms with E-state index in [9.17, 15) is 19.5 Å². The number of aromatic nitrogens is 3. The number of carbonyl (C=O) groups is 3. The first kappa shape index (κ1) is 32.4. The van der Waals surface area contributed by atoms with Crippen molar-refractivity contribution in [1.29, 1.82) is 0 Å². The number of hydrazone groups is 1. The average Bonchev–Trinajstić information content (AvgIpc) is 3.90. The minimum Gasteiger partial charge on any atom is -0.543 e. The van der Waals surface area contributed by atoms with Gasteiger partial charge in [-0.25, -0.2) is 4.98 Å². The number of β-lactam (4-membered cyclic amide) rings is 1. The first-order valence-electron chi connectivity index (χ1n) is 15.1. The zero-order valence-corrected chi connectivity index (χ0v) is 28.9. The van der Waals surface area contributed by atoms with Gasteiger partial charge in [0.15, 0.2) is 29.4 Å². The maximum Gasteiger partial charge on any atom is 0.276 e. The lowest BCUT2D eigenvalue weighted by Crippen LogP contribution is -2.71. The van der Waals surface area contributed by atoms with Gasteiger partial charge in [-0.3, -0.25) is 19.5 Å². The highest BCUT2D eigenvalue weighted by atomic mass is 35.5. The number of carboxylic acid groups (broad SMARTS) is 1. The zero-order chi connectivity index (χ0) is 33.5. The first-order chi connectivity index (χ1) is 23.2. The summed E-state index contributed by atoms with van der Waals surface area (Å²) in [5, 5.41) is 27.1. The molecule has 4 aliphatic heterocycles. The van der Waals surface area contributed by atoms with E-state index in [4.69, 9.17) is 22.2 Å². The largest absolute Gasteiger partial charge is 0.543 e. The quantitative estimate of drug-likeness (QED) is 0.122. The minimum absolute atomic E-state index is 0.0221. The SMILES string of the molecule is CO/N=C(\C(=O)N[C@@H]1C(=O)N2C(C(=O)[O-])=C(C[n+]3ccc4n3CCN4Cc3cc(C=NN4CCCC4)cs3)CS[C@H]12)c1nc(N)sc1Cl. The molecule has 15 nitrogen and oxygen atoms in total. The Hall–Kier alpha value is -4.13. The maximum atomic E-state index is 13.3. The van der Waals surface area contributed by atoms with E-state index in [2.05, 4.69) is 46.6 Å². The second kappa shape index (κ2) is 13.4. The molecule has 3 N–H and O–H groups in total. The summed E-state index contributed by atoms with van der Waals surface area (Å²) >= 11 is 10.2. The number of thiophene rings is 1. The molecule has 3 aromatic rings. The Morgan fingerprint density at radius 3 is 2.83 bits per heavy atom. The zero-order valence-electron chi connectivity index (χ0n) is 25.7. The number of fused-ring (bicyclic) bond motifs is 2. The van der Waals surface area contributed by atoms with Gasteiger partial charge in [0.05, 0.1) is 37.0 Å². The highest BCUT2D eigenvalue weighted by Gasteiger charge is 2.53. The number of carbonyl (C=O) groups excluding carboxylic acids is 3. The lowest BCUT2D eigenvalue weighted by molar-refractivity contribution is -0.766. The van der Waals surface area contributed by atoms with E-state index in [0.29, 0.717) is 11.3 Å². The van der Waals surface area contributed by atoms with E-state index >= 15 is 0 Å². The molecular weight excluding hydrogens is 700 g/mol. The van der Waals surface area contributed by atoms with Crippen LogP contribution in [0.2, 0.25) is 4.34 Å². The van der Waals surface area contributed by atoms with Crippen molar-refractivity contribution in [3.63, 3.8) is 0 Å². The highest BCUT2D eigenvalue weighted by molar-refractivity contribution is 8.00. The summed E-state index contributed by atoms with van der Waals surface area (Å²) in [7, 11) is 1.25. The number of aliphatic carboxylic acids is 1. The Morgan fingerprint density at radius 2 is 2.10 bits per heavy atom. The van der Waals surface area contributed by atoms with Crippen molar-refractivity contribution in [2.45, 2.75) is 43.9 Å². The van der Waals surface area contributed by atoms with Crippen molar-refractivity contribution in [2.75, 3.05) is 43.1 Å². The number of carboxylic acids is 1. The summed E-state index contributed by atoms with van der Waals surface area (Å²) in [6.07, 6.45) is 6.24. The lowest BCUT2D eigenvalue weighted by Gasteiger charge is -2.50. The Balaban J connectivity index is 1.03. The second-order valence-electron chi connectivity index (χ2n) is 11.5. The van der Waals surface area contributed by atoms with Crippen molar-refractivity contribution in [1.82, 2.24) is 24.9 Å². The molecular formula is C29H31ClN10O5S3. The number of nitrogens with two attached hydrogens (primary N) is 1. The van der Waals surface area contributed by atoms with Crippen LogP contribution in [-0.4, -0.2) is 93.2 Å². The molecule has 2 amide bonds. The fraction of sp³-hybridized carbons (Fsp3) is 0.414. The van der Waals surface area contributed by atoms with Gasteiger partial charge in [0.2, 0.25) is 0 Å². The fourth-order valence-electron chi connectivity index (χ4n) is 6.24. The van der Waals surface area contributed by atoms with Gasteiger partial charge in [-0.2, -0.15) is 5.10 Å². The van der Waals surface area contributed by atoms with Crippen LogP contribution in [0.4, 0.5) is 10.9 Å². The van der Waals surface area contributed by atoms with Gasteiger partial charge in [-0.05, 0) is 24.3 Å². The molecule has 2 fully saturated rings. The molecule has 0 saturated carbocycles. The van der Waals surface area contributed by atoms with Crippen molar-refractivity contribution in [3.05, 3.63) is 55.5 Å². The molecule has 19 heteroatoms. The number of nitrogens with one attached hydrogen (secondary N) is 1. The van der Waals surface area contributed by atoms with E-state index in [1.54, 1.807) is 11.3 Å². The number of hydrogen-bond donors (Lipinski definition) is 2. The molecule has 2 saturated heterocycles. The third kappa shape index (κ3) is 6.12. The average molecular weight is 731 g/mol. The number of oxime groups is 1. The van der Waals surface area contributed by atoms with Gasteiger partial charge in [-0.1, -0.05) is 28.1 Å². The monoisotopic (exact) mass is 730 g/mol. The maximum absolute atomic E-state index is 13.3. The lowest BCUT2D eigenvalue weighted by atomic mass is 10.0. The van der Waals surface area contributed by atoms with Crippen LogP contribution in [-0.2, 0) is 38.9 Å². The third-order valence-corrected chi connectivity index (χ3v) is 11.8. The summed E-state index contributed by atoms with van der Waals surface area (Å²) in [6, 6.07) is 3.19. The van der Waals surface area contributed by atoms with Crippen LogP contribution < -0.4 is 25.7 Å². The summed E-state index contributed by atoms with van der Waals surface area (Å²) < 4.78 is 4.22. The third-order valence-electron chi connectivity index (χ3n) is 8.45. The number of nitrogens with zero attached hydrogens (tertiary/aromatic N) is 8. The van der Waals surface area contributed by atoms with Gasteiger partial charge in [0.25, 0.3) is 11.8 Å². The predicted molar refractivity (Wildman–Crippen MR) is 181 cm³/mol. The molecule has 0 spiro atoms. The van der Waals surface area contributed by atoms with Crippen molar-refractivity contribution in [2.24, 2.45) is 10.3 Å². The summed E-state index contributed by atoms with van der Waals surface area (Å²) in [5.74, 6) is -1.42. The van der Waals surface area contributed by atoms with Gasteiger partial charge < -0.3 is 30.7 Å². The number of hydrogen-bond acceptors (Lipinski definition) is 14. The first-order valence-corrected chi connectivity index (χ1v) is 18.3. The molecule has 252 valence electrons. The normalized spacial score (nSPS) is 20.8. The molecule has 2 atom stereocenters. The number of amides is 2. The fourth-order valence-corrected chi connectivity index (χ4v) is 9.35. The number of rotatable bonds is 11. The Morgan fingerprint density at radius 1 is 1.29 bits per heavy atom. The molecule has 7 rings (SSSR count). The molecule has 0 aromatic carbocycles. The second-order valence-corrected chi connectivity index (χ2v) is 15.2. The molecule has 7 heterocycles.